The van der Waals surface area contributed by atoms with Crippen LogP contribution in [0.3, 0.4) is 0 Å². The van der Waals surface area contributed by atoms with Gasteiger partial charge in [0.05, 0.1) is 0 Å². The zero-order valence-electron chi connectivity index (χ0n) is 12.5. The van der Waals surface area contributed by atoms with Crippen LogP contribution in [0.25, 0.3) is 0 Å². The van der Waals surface area contributed by atoms with Crippen LogP contribution < -0.4 is 0 Å². The summed E-state index contributed by atoms with van der Waals surface area (Å²) < 4.78 is 0. The Labute approximate surface area is 113 Å². The van der Waals surface area contributed by atoms with Crippen molar-refractivity contribution >= 4 is 0 Å². The van der Waals surface area contributed by atoms with Crippen molar-refractivity contribution in [3.8, 4) is 0 Å². The summed E-state index contributed by atoms with van der Waals surface area (Å²) in [5.74, 6) is 2.75. The molecule has 0 amide bonds. The van der Waals surface area contributed by atoms with Crippen LogP contribution in [0.1, 0.15) is 59.8 Å². The Hall–Kier alpha value is -0.780. The Morgan fingerprint density at radius 1 is 1.11 bits per heavy atom. The van der Waals surface area contributed by atoms with Gasteiger partial charge in [-0.25, -0.2) is 0 Å². The minimum absolute atomic E-state index is 0.898. The van der Waals surface area contributed by atoms with Crippen molar-refractivity contribution in [2.24, 2.45) is 17.8 Å². The second-order valence-corrected chi connectivity index (χ2v) is 6.47. The molecule has 0 nitrogen and oxygen atoms in total. The summed E-state index contributed by atoms with van der Waals surface area (Å²) in [6.45, 7) is 8.95. The number of rotatable bonds is 5. The molecule has 0 aromatic carbocycles. The summed E-state index contributed by atoms with van der Waals surface area (Å²) in [7, 11) is 0. The van der Waals surface area contributed by atoms with Crippen molar-refractivity contribution < 1.29 is 0 Å². The molecule has 1 fully saturated rings. The van der Waals surface area contributed by atoms with E-state index in [1.165, 1.54) is 37.7 Å². The smallest absolute Gasteiger partial charge is 0.0196 e. The first kappa shape index (κ1) is 13.6. The Bertz CT molecular complexity index is 377. The van der Waals surface area contributed by atoms with Gasteiger partial charge in [-0.2, -0.15) is 0 Å². The Balaban J connectivity index is 1.84. The molecule has 0 spiro atoms. The molecule has 18 heavy (non-hydrogen) atoms. The van der Waals surface area contributed by atoms with Gasteiger partial charge in [0.1, 0.15) is 0 Å². The predicted molar refractivity (Wildman–Crippen MR) is 80.5 cm³/mol. The maximum Gasteiger partial charge on any atom is -0.0196 e. The molecule has 0 saturated heterocycles. The molecule has 2 bridgehead atoms. The molecule has 0 heterocycles. The Morgan fingerprint density at radius 3 is 2.39 bits per heavy atom. The lowest BCUT2D eigenvalue weighted by atomic mass is 9.86. The van der Waals surface area contributed by atoms with Gasteiger partial charge >= 0.3 is 0 Å². The van der Waals surface area contributed by atoms with E-state index in [9.17, 15) is 0 Å². The molecule has 2 aliphatic rings. The maximum atomic E-state index is 2.48. The van der Waals surface area contributed by atoms with E-state index >= 15 is 0 Å². The van der Waals surface area contributed by atoms with Crippen LogP contribution in [0.2, 0.25) is 0 Å². The normalized spacial score (nSPS) is 30.0. The highest BCUT2D eigenvalue weighted by Gasteiger charge is 2.35. The van der Waals surface area contributed by atoms with Crippen molar-refractivity contribution in [1.29, 1.82) is 0 Å². The Morgan fingerprint density at radius 2 is 1.89 bits per heavy atom. The molecule has 100 valence electrons. The summed E-state index contributed by atoms with van der Waals surface area (Å²) in [6.07, 6.45) is 14.0. The first-order valence-corrected chi connectivity index (χ1v) is 7.55. The highest BCUT2D eigenvalue weighted by atomic mass is 14.4. The topological polar surface area (TPSA) is 0 Å². The predicted octanol–water partition coefficient (Wildman–Crippen LogP) is 5.67. The second kappa shape index (κ2) is 5.91. The zero-order chi connectivity index (χ0) is 13.1. The molecule has 0 heteroatoms. The van der Waals surface area contributed by atoms with Crippen molar-refractivity contribution in [3.05, 3.63) is 34.9 Å². The van der Waals surface area contributed by atoms with Crippen molar-refractivity contribution in [1.82, 2.24) is 0 Å². The van der Waals surface area contributed by atoms with E-state index < -0.39 is 0 Å². The minimum atomic E-state index is 0.898. The first-order valence-electron chi connectivity index (χ1n) is 7.55. The van der Waals surface area contributed by atoms with Crippen LogP contribution in [0.5, 0.6) is 0 Å². The van der Waals surface area contributed by atoms with Crippen LogP contribution in [-0.4, -0.2) is 0 Å². The summed E-state index contributed by atoms with van der Waals surface area (Å²) in [5, 5.41) is 0. The standard InChI is InChI=1S/C18H28/c1-5-15(7-6-14(4)13(2)3)10-18-12-16-8-9-17(18)11-16/h5,8-9,16-18H,6-7,10-12H2,1-4H3/b15-5+. The molecule has 3 unspecified atom stereocenters. The average molecular weight is 244 g/mol. The second-order valence-electron chi connectivity index (χ2n) is 6.47. The van der Waals surface area contributed by atoms with E-state index in [0.717, 1.165) is 17.8 Å². The molecular weight excluding hydrogens is 216 g/mol. The highest BCUT2D eigenvalue weighted by Crippen LogP contribution is 2.46. The van der Waals surface area contributed by atoms with Gasteiger partial charge in [-0.15, -0.1) is 0 Å². The average Bonchev–Trinajstić information content (AvgIpc) is 2.95. The van der Waals surface area contributed by atoms with Crippen molar-refractivity contribution in [2.75, 3.05) is 0 Å². The van der Waals surface area contributed by atoms with Gasteiger partial charge in [-0.05, 0) is 77.6 Å². The summed E-state index contributed by atoms with van der Waals surface area (Å²) in [6, 6.07) is 0. The molecule has 2 rings (SSSR count). The molecule has 2 aliphatic carbocycles. The molecule has 0 aromatic heterocycles. The van der Waals surface area contributed by atoms with E-state index in [1.807, 2.05) is 0 Å². The molecule has 0 aromatic rings. The molecule has 0 N–H and O–H groups in total. The monoisotopic (exact) mass is 244 g/mol. The lowest BCUT2D eigenvalue weighted by molar-refractivity contribution is 0.438. The SMILES string of the molecule is C/C=C(\CCC(C)=C(C)C)CC1CC2C=CC1C2. The number of hydrogen-bond acceptors (Lipinski definition) is 0. The Kier molecular flexibility index (Phi) is 4.48. The summed E-state index contributed by atoms with van der Waals surface area (Å²) in [4.78, 5) is 0. The van der Waals surface area contributed by atoms with E-state index in [0.29, 0.717) is 0 Å². The van der Waals surface area contributed by atoms with E-state index in [-0.39, 0.29) is 0 Å². The molecule has 0 radical (unpaired) electrons. The van der Waals surface area contributed by atoms with E-state index in [2.05, 4.69) is 45.9 Å². The third kappa shape index (κ3) is 3.16. The molecular formula is C18H28. The zero-order valence-corrected chi connectivity index (χ0v) is 12.5. The van der Waals surface area contributed by atoms with Gasteiger partial charge in [0.25, 0.3) is 0 Å². The molecule has 3 atom stereocenters. The summed E-state index contributed by atoms with van der Waals surface area (Å²) >= 11 is 0. The van der Waals surface area contributed by atoms with Crippen molar-refractivity contribution in [3.63, 3.8) is 0 Å². The first-order chi connectivity index (χ1) is 8.60. The minimum Gasteiger partial charge on any atom is -0.0884 e. The number of hydrogen-bond donors (Lipinski definition) is 0. The lowest BCUT2D eigenvalue weighted by Gasteiger charge is -2.20. The fraction of sp³-hybridized carbons (Fsp3) is 0.667. The number of fused-ring (bicyclic) bond motifs is 2. The number of allylic oxidation sites excluding steroid dienone is 6. The highest BCUT2D eigenvalue weighted by molar-refractivity contribution is 5.15. The summed E-state index contributed by atoms with van der Waals surface area (Å²) in [5.41, 5.74) is 4.75. The van der Waals surface area contributed by atoms with Gasteiger partial charge in [-0.3, -0.25) is 0 Å². The van der Waals surface area contributed by atoms with Gasteiger partial charge < -0.3 is 0 Å². The van der Waals surface area contributed by atoms with Gasteiger partial charge in [-0.1, -0.05) is 34.9 Å². The lowest BCUT2D eigenvalue weighted by Crippen LogP contribution is -2.08. The van der Waals surface area contributed by atoms with Crippen molar-refractivity contribution in [2.45, 2.75) is 59.8 Å². The molecule has 1 saturated carbocycles. The van der Waals surface area contributed by atoms with E-state index in [4.69, 9.17) is 0 Å². The van der Waals surface area contributed by atoms with Crippen LogP contribution in [0.15, 0.2) is 34.9 Å². The largest absolute Gasteiger partial charge is 0.0884 e. The maximum absolute atomic E-state index is 2.48. The van der Waals surface area contributed by atoms with Gasteiger partial charge in [0, 0.05) is 0 Å². The van der Waals surface area contributed by atoms with Crippen LogP contribution >= 0.6 is 0 Å². The van der Waals surface area contributed by atoms with Gasteiger partial charge in [0.15, 0.2) is 0 Å². The quantitative estimate of drug-likeness (QED) is 0.546. The molecule has 0 aliphatic heterocycles. The van der Waals surface area contributed by atoms with E-state index in [1.54, 1.807) is 11.1 Å². The van der Waals surface area contributed by atoms with Crippen LogP contribution in [-0.2, 0) is 0 Å². The van der Waals surface area contributed by atoms with Crippen LogP contribution in [0.4, 0.5) is 0 Å². The fourth-order valence-electron chi connectivity index (χ4n) is 3.43. The third-order valence-corrected chi connectivity index (χ3v) is 5.02. The fourth-order valence-corrected chi connectivity index (χ4v) is 3.43. The van der Waals surface area contributed by atoms with Crippen LogP contribution in [0, 0.1) is 17.8 Å². The third-order valence-electron chi connectivity index (χ3n) is 5.02. The van der Waals surface area contributed by atoms with Gasteiger partial charge in [0.2, 0.25) is 0 Å².